The summed E-state index contributed by atoms with van der Waals surface area (Å²) in [6.07, 6.45) is -1.38. The van der Waals surface area contributed by atoms with E-state index in [1.807, 2.05) is 0 Å². The van der Waals surface area contributed by atoms with Crippen LogP contribution >= 0.6 is 0 Å². The zero-order valence-electron chi connectivity index (χ0n) is 14.3. The summed E-state index contributed by atoms with van der Waals surface area (Å²) in [5.74, 6) is -2.42. The summed E-state index contributed by atoms with van der Waals surface area (Å²) in [5.41, 5.74) is -1.38. The van der Waals surface area contributed by atoms with E-state index >= 15 is 0 Å². The molecule has 0 aromatic carbocycles. The molecule has 0 amide bonds. The van der Waals surface area contributed by atoms with Crippen molar-refractivity contribution in [1.82, 2.24) is 20.2 Å². The first-order valence-corrected chi connectivity index (χ1v) is 8.79. The second kappa shape index (κ2) is 6.13. The maximum Gasteiger partial charge on any atom is 0.400 e. The smallest absolute Gasteiger partial charge is 0.351 e. The summed E-state index contributed by atoms with van der Waals surface area (Å²) >= 11 is 0. The van der Waals surface area contributed by atoms with Crippen LogP contribution in [0.25, 0.3) is 11.3 Å². The second-order valence-electron chi connectivity index (χ2n) is 7.27. The molecule has 2 fully saturated rings. The fourth-order valence-electron chi connectivity index (χ4n) is 3.57. The minimum atomic E-state index is -4.38. The van der Waals surface area contributed by atoms with Gasteiger partial charge in [0.15, 0.2) is 0 Å². The molecule has 0 radical (unpaired) electrons. The molecule has 4 rings (SSSR count). The van der Waals surface area contributed by atoms with Crippen molar-refractivity contribution in [2.45, 2.75) is 62.1 Å². The van der Waals surface area contributed by atoms with Crippen molar-refractivity contribution in [3.63, 3.8) is 0 Å². The largest absolute Gasteiger partial charge is 0.400 e. The maximum atomic E-state index is 13.4. The van der Waals surface area contributed by atoms with Crippen LogP contribution in [-0.2, 0) is 5.41 Å². The van der Waals surface area contributed by atoms with Crippen LogP contribution in [0, 0.1) is 0 Å². The van der Waals surface area contributed by atoms with Crippen molar-refractivity contribution in [2.75, 3.05) is 5.32 Å². The van der Waals surface area contributed by atoms with E-state index in [1.165, 1.54) is 18.5 Å². The number of alkyl halides is 5. The Kier molecular flexibility index (Phi) is 4.12. The van der Waals surface area contributed by atoms with Crippen LogP contribution in [-0.4, -0.2) is 38.3 Å². The summed E-state index contributed by atoms with van der Waals surface area (Å²) in [5, 5.41) is 9.37. The third-order valence-electron chi connectivity index (χ3n) is 5.37. The molecular weight excluding hydrogens is 369 g/mol. The van der Waals surface area contributed by atoms with Gasteiger partial charge in [-0.15, -0.1) is 0 Å². The van der Waals surface area contributed by atoms with Gasteiger partial charge in [0.25, 0.3) is 0 Å². The Balaban J connectivity index is 1.56. The quantitative estimate of drug-likeness (QED) is 0.761. The van der Waals surface area contributed by atoms with E-state index < -0.39 is 17.5 Å². The number of aromatic amines is 1. The predicted molar refractivity (Wildman–Crippen MR) is 87.4 cm³/mol. The number of anilines is 1. The van der Waals surface area contributed by atoms with Gasteiger partial charge < -0.3 is 5.32 Å². The number of aromatic nitrogens is 4. The van der Waals surface area contributed by atoms with Crippen LogP contribution in [0.3, 0.4) is 0 Å². The van der Waals surface area contributed by atoms with Crippen molar-refractivity contribution in [1.29, 1.82) is 0 Å². The minimum Gasteiger partial charge on any atom is -0.351 e. The third kappa shape index (κ3) is 3.37. The minimum absolute atomic E-state index is 0.000823. The summed E-state index contributed by atoms with van der Waals surface area (Å²) in [4.78, 5) is 8.37. The van der Waals surface area contributed by atoms with Gasteiger partial charge in [0, 0.05) is 36.8 Å². The van der Waals surface area contributed by atoms with E-state index in [0.717, 1.165) is 0 Å². The molecular formula is C17H18F5N5. The molecule has 0 saturated heterocycles. The highest BCUT2D eigenvalue weighted by Crippen LogP contribution is 2.59. The van der Waals surface area contributed by atoms with Crippen LogP contribution in [0.1, 0.15) is 44.2 Å². The lowest BCUT2D eigenvalue weighted by molar-refractivity contribution is -0.161. The fourth-order valence-corrected chi connectivity index (χ4v) is 3.57. The molecule has 2 aromatic rings. The molecule has 0 aliphatic heterocycles. The monoisotopic (exact) mass is 387 g/mol. The number of hydrogen-bond donors (Lipinski definition) is 2. The Labute approximate surface area is 151 Å². The average Bonchev–Trinajstić information content (AvgIpc) is 3.28. The number of nitrogens with one attached hydrogen (secondary N) is 2. The van der Waals surface area contributed by atoms with E-state index in [9.17, 15) is 22.0 Å². The van der Waals surface area contributed by atoms with E-state index in [2.05, 4.69) is 25.5 Å². The molecule has 146 valence electrons. The first-order valence-electron chi connectivity index (χ1n) is 8.79. The summed E-state index contributed by atoms with van der Waals surface area (Å²) in [6.45, 7) is 0. The Morgan fingerprint density at radius 2 is 1.81 bits per heavy atom. The van der Waals surface area contributed by atoms with E-state index in [4.69, 9.17) is 0 Å². The Hall–Kier alpha value is -2.26. The van der Waals surface area contributed by atoms with Gasteiger partial charge >= 0.3 is 6.18 Å². The average molecular weight is 387 g/mol. The van der Waals surface area contributed by atoms with Crippen LogP contribution in [0.2, 0.25) is 0 Å². The van der Waals surface area contributed by atoms with Gasteiger partial charge in [-0.25, -0.2) is 18.7 Å². The van der Waals surface area contributed by atoms with Gasteiger partial charge in [-0.1, -0.05) is 0 Å². The van der Waals surface area contributed by atoms with Crippen molar-refractivity contribution >= 4 is 5.95 Å². The molecule has 2 saturated carbocycles. The van der Waals surface area contributed by atoms with E-state index in [0.29, 0.717) is 5.69 Å². The number of hydrogen-bond acceptors (Lipinski definition) is 4. The molecule has 0 unspecified atom stereocenters. The Morgan fingerprint density at radius 3 is 2.44 bits per heavy atom. The van der Waals surface area contributed by atoms with Crippen molar-refractivity contribution in [3.8, 4) is 11.3 Å². The molecule has 2 aromatic heterocycles. The predicted octanol–water partition coefficient (Wildman–Crippen LogP) is 4.45. The SMILES string of the molecule is FC1(F)CCC(Nc2nccc(-c3c[nH]nc3C3(C(F)(F)F)CC3)n2)CC1. The highest BCUT2D eigenvalue weighted by Gasteiger charge is 2.66. The van der Waals surface area contributed by atoms with E-state index in [1.54, 1.807) is 0 Å². The van der Waals surface area contributed by atoms with Crippen LogP contribution in [0.5, 0.6) is 0 Å². The Morgan fingerprint density at radius 1 is 1.11 bits per heavy atom. The second-order valence-corrected chi connectivity index (χ2v) is 7.27. The molecule has 0 bridgehead atoms. The summed E-state index contributed by atoms with van der Waals surface area (Å²) in [6, 6.07) is 1.33. The molecule has 2 aliphatic rings. The topological polar surface area (TPSA) is 66.5 Å². The zero-order chi connectivity index (χ0) is 19.3. The highest BCUT2D eigenvalue weighted by molar-refractivity contribution is 5.65. The zero-order valence-corrected chi connectivity index (χ0v) is 14.3. The standard InChI is InChI=1S/C17H18F5N5/c18-16(19)4-1-10(2-5-16)25-14-23-8-3-12(26-14)11-9-24-27-13(11)15(6-7-15)17(20,21)22/h3,8-10H,1-2,4-7H2,(H,24,27)(H,23,25,26). The summed E-state index contributed by atoms with van der Waals surface area (Å²) in [7, 11) is 0. The van der Waals surface area contributed by atoms with Gasteiger partial charge in [0.2, 0.25) is 11.9 Å². The Bertz CT molecular complexity index is 817. The van der Waals surface area contributed by atoms with Crippen LogP contribution < -0.4 is 5.32 Å². The lowest BCUT2D eigenvalue weighted by Crippen LogP contribution is -2.32. The first kappa shape index (κ1) is 18.1. The molecule has 0 spiro atoms. The van der Waals surface area contributed by atoms with Crippen LogP contribution in [0.4, 0.5) is 27.9 Å². The lowest BCUT2D eigenvalue weighted by atomic mass is 9.92. The lowest BCUT2D eigenvalue weighted by Gasteiger charge is -2.28. The molecule has 2 N–H and O–H groups in total. The number of nitrogens with zero attached hydrogens (tertiary/aromatic N) is 3. The molecule has 5 nitrogen and oxygen atoms in total. The maximum absolute atomic E-state index is 13.4. The molecule has 27 heavy (non-hydrogen) atoms. The normalized spacial score (nSPS) is 21.8. The van der Waals surface area contributed by atoms with Crippen molar-refractivity contribution < 1.29 is 22.0 Å². The van der Waals surface area contributed by atoms with Crippen LogP contribution in [0.15, 0.2) is 18.5 Å². The van der Waals surface area contributed by atoms with E-state index in [-0.39, 0.29) is 61.8 Å². The molecule has 0 atom stereocenters. The third-order valence-corrected chi connectivity index (χ3v) is 5.37. The van der Waals surface area contributed by atoms with Gasteiger partial charge in [0.1, 0.15) is 5.41 Å². The number of halogens is 5. The molecule has 2 aliphatic carbocycles. The first-order chi connectivity index (χ1) is 12.7. The van der Waals surface area contributed by atoms with Gasteiger partial charge in [-0.3, -0.25) is 5.10 Å². The van der Waals surface area contributed by atoms with Crippen molar-refractivity contribution in [2.24, 2.45) is 0 Å². The van der Waals surface area contributed by atoms with Gasteiger partial charge in [-0.2, -0.15) is 18.3 Å². The van der Waals surface area contributed by atoms with Gasteiger partial charge in [-0.05, 0) is 31.7 Å². The number of rotatable bonds is 4. The van der Waals surface area contributed by atoms with Gasteiger partial charge in [0.05, 0.1) is 11.4 Å². The number of H-pyrrole nitrogens is 1. The van der Waals surface area contributed by atoms with Crippen molar-refractivity contribution in [3.05, 3.63) is 24.2 Å². The summed E-state index contributed by atoms with van der Waals surface area (Å²) < 4.78 is 66.9. The highest BCUT2D eigenvalue weighted by atomic mass is 19.4. The fraction of sp³-hybridized carbons (Fsp3) is 0.588. The molecule has 10 heteroatoms. The molecule has 2 heterocycles.